The Hall–Kier alpha value is -1.09. The molecule has 0 aliphatic rings. The van der Waals surface area contributed by atoms with Crippen molar-refractivity contribution in [2.45, 2.75) is 12.3 Å². The van der Waals surface area contributed by atoms with Gasteiger partial charge < -0.3 is 4.42 Å². The van der Waals surface area contributed by atoms with Crippen LogP contribution in [0.3, 0.4) is 0 Å². The van der Waals surface area contributed by atoms with Gasteiger partial charge in [-0.1, -0.05) is 22.0 Å². The number of fused-ring (bicyclic) bond motifs is 1. The van der Waals surface area contributed by atoms with Gasteiger partial charge in [0.2, 0.25) is 0 Å². The van der Waals surface area contributed by atoms with Crippen molar-refractivity contribution in [2.24, 2.45) is 0 Å². The van der Waals surface area contributed by atoms with Crippen LogP contribution in [0.4, 0.5) is 0 Å². The molecule has 1 aromatic heterocycles. The topological polar surface area (TPSA) is 30.2 Å². The summed E-state index contributed by atoms with van der Waals surface area (Å²) in [5, 5.41) is 1.81. The summed E-state index contributed by atoms with van der Waals surface area (Å²) in [6, 6.07) is 7.32. The van der Waals surface area contributed by atoms with Gasteiger partial charge in [0.05, 0.1) is 0 Å². The van der Waals surface area contributed by atoms with Gasteiger partial charge in [0.1, 0.15) is 5.58 Å². The van der Waals surface area contributed by atoms with E-state index in [0.29, 0.717) is 5.58 Å². The van der Waals surface area contributed by atoms with Gasteiger partial charge in [-0.05, 0) is 30.2 Å². The van der Waals surface area contributed by atoms with Gasteiger partial charge in [-0.2, -0.15) is 0 Å². The molecule has 1 aromatic carbocycles. The number of aryl methyl sites for hydroxylation is 1. The minimum Gasteiger partial charge on any atom is -0.423 e. The fourth-order valence-electron chi connectivity index (χ4n) is 1.45. The quantitative estimate of drug-likeness (QED) is 0.577. The van der Waals surface area contributed by atoms with Crippen LogP contribution >= 0.6 is 15.9 Å². The maximum Gasteiger partial charge on any atom is 0.336 e. The van der Waals surface area contributed by atoms with E-state index < -0.39 is 0 Å². The van der Waals surface area contributed by atoms with Crippen molar-refractivity contribution in [3.8, 4) is 0 Å². The highest BCUT2D eigenvalue weighted by atomic mass is 79.9. The van der Waals surface area contributed by atoms with E-state index in [0.717, 1.165) is 16.3 Å². The van der Waals surface area contributed by atoms with Gasteiger partial charge in [-0.25, -0.2) is 4.79 Å². The molecule has 0 saturated heterocycles. The molecule has 0 bridgehead atoms. The van der Waals surface area contributed by atoms with Gasteiger partial charge in [-0.15, -0.1) is 0 Å². The van der Waals surface area contributed by atoms with Crippen molar-refractivity contribution < 1.29 is 4.42 Å². The summed E-state index contributed by atoms with van der Waals surface area (Å²) < 4.78 is 5.07. The fraction of sp³-hybridized carbons (Fsp3) is 0.182. The molecule has 0 unspecified atom stereocenters. The van der Waals surface area contributed by atoms with E-state index in [-0.39, 0.29) is 5.63 Å². The van der Waals surface area contributed by atoms with Crippen LogP contribution in [0, 0.1) is 6.92 Å². The van der Waals surface area contributed by atoms with E-state index in [2.05, 4.69) is 15.9 Å². The number of benzene rings is 1. The van der Waals surface area contributed by atoms with Crippen molar-refractivity contribution in [2.75, 3.05) is 0 Å². The zero-order chi connectivity index (χ0) is 10.1. The maximum absolute atomic E-state index is 11.1. The highest BCUT2D eigenvalue weighted by Crippen LogP contribution is 2.19. The smallest absolute Gasteiger partial charge is 0.336 e. The molecule has 0 fully saturated rings. The van der Waals surface area contributed by atoms with E-state index in [9.17, 15) is 4.79 Å². The molecule has 1 heterocycles. The van der Waals surface area contributed by atoms with Crippen molar-refractivity contribution >= 4 is 26.9 Å². The van der Waals surface area contributed by atoms with Gasteiger partial charge in [-0.3, -0.25) is 0 Å². The maximum atomic E-state index is 11.1. The first kappa shape index (κ1) is 9.46. The van der Waals surface area contributed by atoms with E-state index in [1.54, 1.807) is 0 Å². The zero-order valence-corrected chi connectivity index (χ0v) is 9.30. The van der Waals surface area contributed by atoms with Crippen LogP contribution in [0.15, 0.2) is 33.5 Å². The zero-order valence-electron chi connectivity index (χ0n) is 7.71. The summed E-state index contributed by atoms with van der Waals surface area (Å²) in [5.74, 6) is 0. The first-order valence-corrected chi connectivity index (χ1v) is 5.42. The monoisotopic (exact) mass is 252 g/mol. The Balaban J connectivity index is 2.82. The molecule has 0 aliphatic carbocycles. The molecule has 2 nitrogen and oxygen atoms in total. The van der Waals surface area contributed by atoms with E-state index in [1.165, 1.54) is 11.6 Å². The van der Waals surface area contributed by atoms with Crippen molar-refractivity contribution in [3.63, 3.8) is 0 Å². The summed E-state index contributed by atoms with van der Waals surface area (Å²) in [6.07, 6.45) is 0. The van der Waals surface area contributed by atoms with Crippen LogP contribution in [-0.4, -0.2) is 0 Å². The molecular weight excluding hydrogens is 244 g/mol. The lowest BCUT2D eigenvalue weighted by Gasteiger charge is -2.01. The summed E-state index contributed by atoms with van der Waals surface area (Å²) >= 11 is 3.39. The van der Waals surface area contributed by atoms with Crippen LogP contribution < -0.4 is 5.63 Å². The van der Waals surface area contributed by atoms with Crippen molar-refractivity contribution in [1.82, 2.24) is 0 Å². The molecule has 0 radical (unpaired) electrons. The first-order valence-electron chi connectivity index (χ1n) is 4.30. The van der Waals surface area contributed by atoms with E-state index >= 15 is 0 Å². The highest BCUT2D eigenvalue weighted by molar-refractivity contribution is 9.08. The molecule has 0 N–H and O–H groups in total. The first-order chi connectivity index (χ1) is 6.70. The molecule has 0 spiro atoms. The lowest BCUT2D eigenvalue weighted by molar-refractivity contribution is 0.560. The second-order valence-electron chi connectivity index (χ2n) is 3.21. The third-order valence-corrected chi connectivity index (χ3v) is 2.82. The Kier molecular flexibility index (Phi) is 2.42. The number of alkyl halides is 1. The summed E-state index contributed by atoms with van der Waals surface area (Å²) in [7, 11) is 0. The molecular formula is C11H9BrO2. The Bertz CT molecular complexity index is 528. The molecule has 0 amide bonds. The Morgan fingerprint density at radius 2 is 2.14 bits per heavy atom. The summed E-state index contributed by atoms with van der Waals surface area (Å²) in [6.45, 7) is 1.91. The second kappa shape index (κ2) is 3.58. The molecule has 72 valence electrons. The second-order valence-corrected chi connectivity index (χ2v) is 3.77. The van der Waals surface area contributed by atoms with Crippen molar-refractivity contribution in [1.29, 1.82) is 0 Å². The largest absolute Gasteiger partial charge is 0.423 e. The lowest BCUT2D eigenvalue weighted by Crippen LogP contribution is -1.97. The Labute approximate surface area is 89.7 Å². The molecule has 14 heavy (non-hydrogen) atoms. The van der Waals surface area contributed by atoms with Gasteiger partial charge in [0, 0.05) is 16.8 Å². The van der Waals surface area contributed by atoms with Crippen LogP contribution in [0.5, 0.6) is 0 Å². The molecule has 0 saturated carbocycles. The highest BCUT2D eigenvalue weighted by Gasteiger charge is 2.02. The van der Waals surface area contributed by atoms with Crippen LogP contribution in [-0.2, 0) is 5.33 Å². The molecule has 0 aliphatic heterocycles. The predicted octanol–water partition coefficient (Wildman–Crippen LogP) is 3.00. The minimum atomic E-state index is -0.290. The number of halogens is 1. The Morgan fingerprint density at radius 3 is 2.86 bits per heavy atom. The predicted molar refractivity (Wildman–Crippen MR) is 59.9 cm³/mol. The summed E-state index contributed by atoms with van der Waals surface area (Å²) in [4.78, 5) is 11.1. The van der Waals surface area contributed by atoms with Crippen LogP contribution in [0.2, 0.25) is 0 Å². The molecule has 2 rings (SSSR count). The average molecular weight is 253 g/mol. The minimum absolute atomic E-state index is 0.290. The fourth-order valence-corrected chi connectivity index (χ4v) is 1.80. The van der Waals surface area contributed by atoms with Gasteiger partial charge in [0.15, 0.2) is 0 Å². The third kappa shape index (κ3) is 1.60. The SMILES string of the molecule is Cc1cc(=O)oc2ccc(CBr)cc12. The number of hydrogen-bond acceptors (Lipinski definition) is 2. The number of hydrogen-bond donors (Lipinski definition) is 0. The van der Waals surface area contributed by atoms with Gasteiger partial charge >= 0.3 is 5.63 Å². The lowest BCUT2D eigenvalue weighted by atomic mass is 10.1. The van der Waals surface area contributed by atoms with E-state index in [1.807, 2.05) is 25.1 Å². The normalized spacial score (nSPS) is 10.7. The summed E-state index contributed by atoms with van der Waals surface area (Å²) in [5.41, 5.74) is 2.50. The van der Waals surface area contributed by atoms with Crippen LogP contribution in [0.1, 0.15) is 11.1 Å². The third-order valence-electron chi connectivity index (χ3n) is 2.17. The molecule has 2 aromatic rings. The Morgan fingerprint density at radius 1 is 1.36 bits per heavy atom. The van der Waals surface area contributed by atoms with Crippen molar-refractivity contribution in [3.05, 3.63) is 45.8 Å². The van der Waals surface area contributed by atoms with Gasteiger partial charge in [0.25, 0.3) is 0 Å². The molecule has 0 atom stereocenters. The molecule has 3 heteroatoms. The number of rotatable bonds is 1. The van der Waals surface area contributed by atoms with E-state index in [4.69, 9.17) is 4.42 Å². The standard InChI is InChI=1S/C11H9BrO2/c1-7-4-11(13)14-10-3-2-8(6-12)5-9(7)10/h2-5H,6H2,1H3. The van der Waals surface area contributed by atoms with Crippen LogP contribution in [0.25, 0.3) is 11.0 Å². The average Bonchev–Trinajstić information content (AvgIpc) is 2.17.